The third-order valence-electron chi connectivity index (χ3n) is 11.9. The Morgan fingerprint density at radius 2 is 1.60 bits per heavy atom. The van der Waals surface area contributed by atoms with Crippen molar-refractivity contribution in [2.75, 3.05) is 26.2 Å². The summed E-state index contributed by atoms with van der Waals surface area (Å²) in [4.78, 5) is 57.2. The number of hydrogen-bond donors (Lipinski definition) is 4. The van der Waals surface area contributed by atoms with Gasteiger partial charge in [-0.2, -0.15) is 5.10 Å². The summed E-state index contributed by atoms with van der Waals surface area (Å²) in [5.41, 5.74) is 11.2. The minimum absolute atomic E-state index is 0.0323. The molecule has 1 saturated heterocycles. The molecule has 13 nitrogen and oxygen atoms in total. The molecule has 1 unspecified atom stereocenters. The van der Waals surface area contributed by atoms with E-state index in [-0.39, 0.29) is 47.8 Å². The van der Waals surface area contributed by atoms with E-state index in [1.54, 1.807) is 17.8 Å². The second-order valence-corrected chi connectivity index (χ2v) is 16.4. The fourth-order valence-electron chi connectivity index (χ4n) is 8.23. The van der Waals surface area contributed by atoms with E-state index in [1.165, 1.54) is 16.5 Å². The van der Waals surface area contributed by atoms with Gasteiger partial charge in [0.05, 0.1) is 30.7 Å². The summed E-state index contributed by atoms with van der Waals surface area (Å²) >= 11 is 0. The van der Waals surface area contributed by atoms with Crippen LogP contribution in [0, 0.1) is 6.92 Å². The number of aliphatic hydroxyl groups is 1. The minimum Gasteiger partial charge on any atom is -0.388 e. The first-order valence-electron chi connectivity index (χ1n) is 21.3. The van der Waals surface area contributed by atoms with Gasteiger partial charge in [0.1, 0.15) is 5.52 Å². The van der Waals surface area contributed by atoms with Crippen LogP contribution in [-0.4, -0.2) is 78.8 Å². The SMILES string of the molecule is Cc1c(CCCCCCCCNC(=O)CNCc2ccc(-c3c4ncn(CC5(O)CCN(C(=O)CC(C)c6ccccc6)CC5)c(=O)c4nn3C)cc2)cccc1C(N)=O. The highest BCUT2D eigenvalue weighted by Crippen LogP contribution is 2.28. The predicted octanol–water partition coefficient (Wildman–Crippen LogP) is 5.54. The molecule has 318 valence electrons. The smallest absolute Gasteiger partial charge is 0.281 e. The van der Waals surface area contributed by atoms with Gasteiger partial charge in [0, 0.05) is 50.8 Å². The highest BCUT2D eigenvalue weighted by atomic mass is 16.3. The van der Waals surface area contributed by atoms with Gasteiger partial charge in [-0.3, -0.25) is 28.4 Å². The van der Waals surface area contributed by atoms with Crippen LogP contribution >= 0.6 is 0 Å². The minimum atomic E-state index is -1.14. The lowest BCUT2D eigenvalue weighted by Gasteiger charge is -2.38. The average Bonchev–Trinajstić information content (AvgIpc) is 3.58. The number of nitrogens with two attached hydrogens (primary N) is 1. The Morgan fingerprint density at radius 3 is 2.32 bits per heavy atom. The number of piperidine rings is 1. The molecule has 3 heterocycles. The molecule has 0 spiro atoms. The number of likely N-dealkylation sites (tertiary alicyclic amines) is 1. The molecule has 5 aromatic rings. The molecule has 60 heavy (non-hydrogen) atoms. The quantitative estimate of drug-likeness (QED) is 0.0741. The van der Waals surface area contributed by atoms with Crippen LogP contribution in [0.5, 0.6) is 0 Å². The van der Waals surface area contributed by atoms with E-state index in [1.807, 2.05) is 72.5 Å². The third-order valence-corrected chi connectivity index (χ3v) is 11.9. The molecule has 5 N–H and O–H groups in total. The van der Waals surface area contributed by atoms with Gasteiger partial charge in [0.2, 0.25) is 17.7 Å². The molecule has 1 atom stereocenters. The summed E-state index contributed by atoms with van der Waals surface area (Å²) in [6.45, 7) is 6.34. The fraction of sp³-hybridized carbons (Fsp3) is 0.447. The monoisotopic (exact) mass is 816 g/mol. The first kappa shape index (κ1) is 43.9. The predicted molar refractivity (Wildman–Crippen MR) is 234 cm³/mol. The van der Waals surface area contributed by atoms with Gasteiger partial charge in [-0.25, -0.2) is 4.98 Å². The Hall–Kier alpha value is -5.66. The van der Waals surface area contributed by atoms with E-state index in [4.69, 9.17) is 5.73 Å². The van der Waals surface area contributed by atoms with Gasteiger partial charge in [-0.15, -0.1) is 0 Å². The van der Waals surface area contributed by atoms with Gasteiger partial charge in [-0.1, -0.05) is 99.3 Å². The molecule has 0 radical (unpaired) electrons. The summed E-state index contributed by atoms with van der Waals surface area (Å²) < 4.78 is 3.09. The van der Waals surface area contributed by atoms with Crippen molar-refractivity contribution in [2.24, 2.45) is 12.8 Å². The number of nitrogens with zero attached hydrogens (tertiary/aromatic N) is 5. The van der Waals surface area contributed by atoms with Crippen LogP contribution in [0.25, 0.3) is 22.3 Å². The van der Waals surface area contributed by atoms with Crippen LogP contribution in [0.3, 0.4) is 0 Å². The second kappa shape index (κ2) is 20.5. The Morgan fingerprint density at radius 1 is 0.900 bits per heavy atom. The maximum absolute atomic E-state index is 13.6. The normalized spacial score (nSPS) is 14.3. The van der Waals surface area contributed by atoms with Crippen LogP contribution in [0.15, 0.2) is 83.9 Å². The Labute approximate surface area is 352 Å². The third kappa shape index (κ3) is 11.3. The average molecular weight is 817 g/mol. The van der Waals surface area contributed by atoms with Gasteiger partial charge in [-0.05, 0) is 73.3 Å². The van der Waals surface area contributed by atoms with E-state index in [9.17, 15) is 24.3 Å². The second-order valence-electron chi connectivity index (χ2n) is 16.4. The van der Waals surface area contributed by atoms with E-state index in [0.717, 1.165) is 67.2 Å². The standard InChI is InChI=1S/C47H60N8O5/c1-33(36-14-10-8-11-15-36)28-41(57)54-26-23-47(60,24-27-54)31-55-32-51-42-43(46(55)59)52-53(3)44(42)38-21-19-35(20-22-38)29-49-30-40(56)50-25-12-7-5-4-6-9-16-37-17-13-18-39(34(37)2)45(48)58/h8,10-11,13-15,17-22,32-33,49,60H,4-7,9,12,16,23-31H2,1-3H3,(H2,48,58)(H,50,56). The van der Waals surface area contributed by atoms with E-state index in [2.05, 4.69) is 33.7 Å². The molecule has 0 saturated carbocycles. The molecular formula is C47H60N8O5. The van der Waals surface area contributed by atoms with Crippen molar-refractivity contribution in [2.45, 2.75) is 103 Å². The lowest BCUT2D eigenvalue weighted by atomic mass is 9.90. The zero-order valence-corrected chi connectivity index (χ0v) is 35.3. The molecule has 1 aliphatic heterocycles. The number of benzene rings is 3. The molecule has 6 rings (SSSR count). The number of carbonyl (C=O) groups is 3. The molecule has 13 heteroatoms. The van der Waals surface area contributed by atoms with Crippen LogP contribution < -0.4 is 21.9 Å². The molecule has 0 bridgehead atoms. The molecule has 1 fully saturated rings. The van der Waals surface area contributed by atoms with E-state index < -0.39 is 5.60 Å². The Kier molecular flexibility index (Phi) is 15.0. The molecule has 3 amide bonds. The fourth-order valence-corrected chi connectivity index (χ4v) is 8.23. The summed E-state index contributed by atoms with van der Waals surface area (Å²) in [6.07, 6.45) is 10.0. The number of aromatic nitrogens is 4. The van der Waals surface area contributed by atoms with Crippen LogP contribution in [0.4, 0.5) is 0 Å². The maximum atomic E-state index is 13.6. The molecule has 1 aliphatic rings. The summed E-state index contributed by atoms with van der Waals surface area (Å²) in [7, 11) is 1.78. The number of carbonyl (C=O) groups excluding carboxylic acids is 3. The van der Waals surface area contributed by atoms with Crippen molar-refractivity contribution in [3.05, 3.63) is 117 Å². The number of primary amides is 1. The van der Waals surface area contributed by atoms with E-state index in [0.29, 0.717) is 62.2 Å². The maximum Gasteiger partial charge on any atom is 0.281 e. The highest BCUT2D eigenvalue weighted by Gasteiger charge is 2.35. The van der Waals surface area contributed by atoms with Crippen molar-refractivity contribution < 1.29 is 19.5 Å². The first-order chi connectivity index (χ1) is 28.9. The topological polar surface area (TPSA) is 177 Å². The van der Waals surface area contributed by atoms with Crippen LogP contribution in [-0.2, 0) is 36.1 Å². The van der Waals surface area contributed by atoms with Crippen molar-refractivity contribution >= 4 is 28.8 Å². The van der Waals surface area contributed by atoms with Crippen LogP contribution in [0.2, 0.25) is 0 Å². The zero-order valence-electron chi connectivity index (χ0n) is 35.3. The molecule has 3 aromatic carbocycles. The Balaban J connectivity index is 0.897. The lowest BCUT2D eigenvalue weighted by molar-refractivity contribution is -0.136. The molecular weight excluding hydrogens is 757 g/mol. The molecule has 2 aromatic heterocycles. The number of hydrogen-bond acceptors (Lipinski definition) is 8. The first-order valence-corrected chi connectivity index (χ1v) is 21.3. The van der Waals surface area contributed by atoms with Crippen molar-refractivity contribution in [3.63, 3.8) is 0 Å². The summed E-state index contributed by atoms with van der Waals surface area (Å²) in [6, 6.07) is 23.6. The number of unbranched alkanes of at least 4 members (excludes halogenated alkanes) is 5. The van der Waals surface area contributed by atoms with Crippen molar-refractivity contribution in [3.8, 4) is 11.3 Å². The number of fused-ring (bicyclic) bond motifs is 1. The van der Waals surface area contributed by atoms with Gasteiger partial charge >= 0.3 is 0 Å². The number of nitrogens with one attached hydrogen (secondary N) is 2. The number of aryl methyl sites for hydroxylation is 2. The molecule has 0 aliphatic carbocycles. The summed E-state index contributed by atoms with van der Waals surface area (Å²) in [5.74, 6) is -0.234. The van der Waals surface area contributed by atoms with Crippen LogP contribution in [0.1, 0.15) is 103 Å². The van der Waals surface area contributed by atoms with Gasteiger partial charge in [0.25, 0.3) is 5.56 Å². The highest BCUT2D eigenvalue weighted by molar-refractivity contribution is 5.94. The zero-order chi connectivity index (χ0) is 42.6. The van der Waals surface area contributed by atoms with Gasteiger partial charge < -0.3 is 26.4 Å². The number of rotatable bonds is 20. The summed E-state index contributed by atoms with van der Waals surface area (Å²) in [5, 5.41) is 22.2. The van der Waals surface area contributed by atoms with Crippen molar-refractivity contribution in [1.29, 1.82) is 0 Å². The number of amides is 3. The largest absolute Gasteiger partial charge is 0.388 e. The lowest BCUT2D eigenvalue weighted by Crippen LogP contribution is -2.49. The van der Waals surface area contributed by atoms with E-state index >= 15 is 0 Å². The van der Waals surface area contributed by atoms with Gasteiger partial charge in [0.15, 0.2) is 5.52 Å². The van der Waals surface area contributed by atoms with Crippen molar-refractivity contribution in [1.82, 2.24) is 34.9 Å². The Bertz CT molecular complexity index is 2290.